The van der Waals surface area contributed by atoms with Crippen LogP contribution < -0.4 is 10.1 Å². The number of benzene rings is 2. The van der Waals surface area contributed by atoms with E-state index in [-0.39, 0.29) is 18.6 Å². The molecule has 0 saturated carbocycles. The van der Waals surface area contributed by atoms with Crippen molar-refractivity contribution in [3.63, 3.8) is 0 Å². The van der Waals surface area contributed by atoms with Gasteiger partial charge in [-0.2, -0.15) is 0 Å². The molecule has 0 aliphatic rings. The van der Waals surface area contributed by atoms with E-state index in [0.29, 0.717) is 17.2 Å². The molecule has 144 valence electrons. The van der Waals surface area contributed by atoms with Crippen LogP contribution in [0.1, 0.15) is 37.9 Å². The maximum Gasteiger partial charge on any atom is 0.341 e. The molecule has 0 aromatic heterocycles. The quantitative estimate of drug-likeness (QED) is 0.707. The van der Waals surface area contributed by atoms with Crippen LogP contribution in [-0.2, 0) is 16.0 Å². The number of carboxylic acid groups (broad SMARTS) is 1. The molecule has 0 heterocycles. The van der Waals surface area contributed by atoms with Crippen LogP contribution >= 0.6 is 11.6 Å². The second-order valence-electron chi connectivity index (χ2n) is 7.14. The molecule has 0 spiro atoms. The van der Waals surface area contributed by atoms with Crippen molar-refractivity contribution in [2.75, 3.05) is 6.61 Å². The number of carboxylic acids is 1. The summed E-state index contributed by atoms with van der Waals surface area (Å²) in [5.41, 5.74) is 1.32. The van der Waals surface area contributed by atoms with E-state index in [1.807, 2.05) is 57.2 Å². The topological polar surface area (TPSA) is 75.6 Å². The van der Waals surface area contributed by atoms with Crippen molar-refractivity contribution in [1.29, 1.82) is 0 Å². The molecular weight excluding hydrogens is 366 g/mol. The third-order valence-electron chi connectivity index (χ3n) is 4.24. The number of hydrogen-bond acceptors (Lipinski definition) is 3. The highest BCUT2D eigenvalue weighted by Gasteiger charge is 2.29. The van der Waals surface area contributed by atoms with Crippen LogP contribution in [-0.4, -0.2) is 23.6 Å². The Balaban J connectivity index is 1.98. The fraction of sp³-hybridized carbons (Fsp3) is 0.333. The average Bonchev–Trinajstić information content (AvgIpc) is 2.60. The highest BCUT2D eigenvalue weighted by molar-refractivity contribution is 6.30. The molecule has 27 heavy (non-hydrogen) atoms. The summed E-state index contributed by atoms with van der Waals surface area (Å²) >= 11 is 6.03. The number of hydrogen-bond donors (Lipinski definition) is 2. The van der Waals surface area contributed by atoms with Crippen molar-refractivity contribution in [2.24, 2.45) is 5.41 Å². The number of rotatable bonds is 8. The first-order valence-electron chi connectivity index (χ1n) is 8.67. The van der Waals surface area contributed by atoms with Gasteiger partial charge in [-0.1, -0.05) is 49.7 Å². The van der Waals surface area contributed by atoms with Crippen LogP contribution in [0.2, 0.25) is 5.02 Å². The lowest BCUT2D eigenvalue weighted by Crippen LogP contribution is -2.39. The van der Waals surface area contributed by atoms with E-state index in [1.165, 1.54) is 0 Å². The molecule has 1 amide bonds. The summed E-state index contributed by atoms with van der Waals surface area (Å²) in [6.07, 6.45) is 0.577. The van der Waals surface area contributed by atoms with E-state index in [2.05, 4.69) is 5.32 Å². The second kappa shape index (κ2) is 8.91. The van der Waals surface area contributed by atoms with Crippen molar-refractivity contribution in [1.82, 2.24) is 5.32 Å². The van der Waals surface area contributed by atoms with Gasteiger partial charge in [-0.25, -0.2) is 4.79 Å². The van der Waals surface area contributed by atoms with Crippen molar-refractivity contribution < 1.29 is 19.4 Å². The Kier molecular flexibility index (Phi) is 6.86. The third kappa shape index (κ3) is 6.29. The van der Waals surface area contributed by atoms with E-state index in [9.17, 15) is 9.59 Å². The van der Waals surface area contributed by atoms with Gasteiger partial charge in [-0.05, 0) is 48.7 Å². The Bertz CT molecular complexity index is 802. The summed E-state index contributed by atoms with van der Waals surface area (Å²) in [6, 6.07) is 14.3. The van der Waals surface area contributed by atoms with Gasteiger partial charge in [0.05, 0.1) is 6.04 Å². The molecule has 2 aromatic carbocycles. The standard InChI is InChI=1S/C21H24ClNO4/c1-14(16-7-9-18(10-8-16)27-13-19(24)25)23-20(26)21(2,3)12-15-5-4-6-17(22)11-15/h4-11,14H,12-13H2,1-3H3,(H,23,26)(H,24,25). The van der Waals surface area contributed by atoms with Gasteiger partial charge in [0.25, 0.3) is 0 Å². The maximum absolute atomic E-state index is 12.7. The molecule has 0 saturated heterocycles. The van der Waals surface area contributed by atoms with Crippen LogP contribution in [0.3, 0.4) is 0 Å². The van der Waals surface area contributed by atoms with Gasteiger partial charge >= 0.3 is 5.97 Å². The Hall–Kier alpha value is -2.53. The lowest BCUT2D eigenvalue weighted by molar-refractivity contribution is -0.139. The number of carbonyl (C=O) groups excluding carboxylic acids is 1. The largest absolute Gasteiger partial charge is 0.482 e. The Morgan fingerprint density at radius 3 is 2.44 bits per heavy atom. The number of ether oxygens (including phenoxy) is 1. The van der Waals surface area contributed by atoms with E-state index < -0.39 is 11.4 Å². The smallest absolute Gasteiger partial charge is 0.341 e. The molecule has 1 unspecified atom stereocenters. The maximum atomic E-state index is 12.7. The Morgan fingerprint density at radius 2 is 1.85 bits per heavy atom. The van der Waals surface area contributed by atoms with Crippen LogP contribution in [0.15, 0.2) is 48.5 Å². The summed E-state index contributed by atoms with van der Waals surface area (Å²) in [7, 11) is 0. The highest BCUT2D eigenvalue weighted by atomic mass is 35.5. The summed E-state index contributed by atoms with van der Waals surface area (Å²) < 4.78 is 5.12. The molecule has 0 radical (unpaired) electrons. The minimum absolute atomic E-state index is 0.0545. The van der Waals surface area contributed by atoms with Crippen LogP contribution in [0.25, 0.3) is 0 Å². The summed E-state index contributed by atoms with van der Waals surface area (Å²) in [4.78, 5) is 23.3. The molecule has 0 aliphatic heterocycles. The minimum atomic E-state index is -1.03. The SMILES string of the molecule is CC(NC(=O)C(C)(C)Cc1cccc(Cl)c1)c1ccc(OCC(=O)O)cc1. The normalized spacial score (nSPS) is 12.3. The highest BCUT2D eigenvalue weighted by Crippen LogP contribution is 2.26. The Labute approximate surface area is 164 Å². The first-order chi connectivity index (χ1) is 12.7. The van der Waals surface area contributed by atoms with E-state index in [4.69, 9.17) is 21.4 Å². The molecular formula is C21H24ClNO4. The average molecular weight is 390 g/mol. The van der Waals surface area contributed by atoms with Crippen molar-refractivity contribution in [2.45, 2.75) is 33.2 Å². The van der Waals surface area contributed by atoms with Crippen LogP contribution in [0, 0.1) is 5.41 Å². The molecule has 2 rings (SSSR count). The predicted octanol–water partition coefficient (Wildman–Crippen LogP) is 4.25. The lowest BCUT2D eigenvalue weighted by atomic mass is 9.84. The summed E-state index contributed by atoms with van der Waals surface area (Å²) in [6.45, 7) is 5.32. The summed E-state index contributed by atoms with van der Waals surface area (Å²) in [5.74, 6) is -0.608. The zero-order chi connectivity index (χ0) is 20.0. The number of halogens is 1. The van der Waals surface area contributed by atoms with E-state index >= 15 is 0 Å². The van der Waals surface area contributed by atoms with Gasteiger partial charge in [0, 0.05) is 10.4 Å². The monoisotopic (exact) mass is 389 g/mol. The lowest BCUT2D eigenvalue weighted by Gasteiger charge is -2.26. The number of amides is 1. The molecule has 0 fully saturated rings. The van der Waals surface area contributed by atoms with Gasteiger partial charge in [0.1, 0.15) is 5.75 Å². The van der Waals surface area contributed by atoms with Gasteiger partial charge in [-0.15, -0.1) is 0 Å². The van der Waals surface area contributed by atoms with Crippen LogP contribution in [0.5, 0.6) is 5.75 Å². The zero-order valence-corrected chi connectivity index (χ0v) is 16.4. The molecule has 2 N–H and O–H groups in total. The molecule has 1 atom stereocenters. The van der Waals surface area contributed by atoms with Gasteiger partial charge < -0.3 is 15.2 Å². The number of nitrogens with one attached hydrogen (secondary N) is 1. The van der Waals surface area contributed by atoms with E-state index in [0.717, 1.165) is 11.1 Å². The van der Waals surface area contributed by atoms with Crippen LogP contribution in [0.4, 0.5) is 0 Å². The predicted molar refractivity (Wildman–Crippen MR) is 105 cm³/mol. The molecule has 5 nitrogen and oxygen atoms in total. The number of aliphatic carboxylic acids is 1. The zero-order valence-electron chi connectivity index (χ0n) is 15.7. The van der Waals surface area contributed by atoms with Gasteiger partial charge in [0.2, 0.25) is 5.91 Å². The van der Waals surface area contributed by atoms with Crippen molar-refractivity contribution in [3.8, 4) is 5.75 Å². The Morgan fingerprint density at radius 1 is 1.19 bits per heavy atom. The number of carbonyl (C=O) groups is 2. The van der Waals surface area contributed by atoms with Gasteiger partial charge in [-0.3, -0.25) is 4.79 Å². The van der Waals surface area contributed by atoms with Gasteiger partial charge in [0.15, 0.2) is 6.61 Å². The fourth-order valence-corrected chi connectivity index (χ4v) is 2.92. The molecule has 6 heteroatoms. The fourth-order valence-electron chi connectivity index (χ4n) is 2.71. The van der Waals surface area contributed by atoms with E-state index in [1.54, 1.807) is 12.1 Å². The minimum Gasteiger partial charge on any atom is -0.482 e. The van der Waals surface area contributed by atoms with Crippen molar-refractivity contribution >= 4 is 23.5 Å². The first-order valence-corrected chi connectivity index (χ1v) is 9.05. The molecule has 0 bridgehead atoms. The third-order valence-corrected chi connectivity index (χ3v) is 4.47. The molecule has 2 aromatic rings. The second-order valence-corrected chi connectivity index (χ2v) is 7.57. The van der Waals surface area contributed by atoms with Crippen molar-refractivity contribution in [3.05, 3.63) is 64.7 Å². The molecule has 0 aliphatic carbocycles. The first kappa shape index (κ1) is 20.8. The summed E-state index contributed by atoms with van der Waals surface area (Å²) in [5, 5.41) is 12.3.